The van der Waals surface area contributed by atoms with Crippen molar-refractivity contribution in [3.63, 3.8) is 0 Å². The third kappa shape index (κ3) is 1.89. The zero-order valence-corrected chi connectivity index (χ0v) is 6.62. The summed E-state index contributed by atoms with van der Waals surface area (Å²) < 4.78 is 0. The van der Waals surface area contributed by atoms with Crippen LogP contribution in [0.5, 0.6) is 0 Å². The van der Waals surface area contributed by atoms with E-state index >= 15 is 0 Å². The number of aliphatic hydroxyl groups is 1. The largest absolute Gasteiger partial charge is 0.387 e. The highest BCUT2D eigenvalue weighted by atomic mass is 35.5. The molecule has 0 bridgehead atoms. The Morgan fingerprint density at radius 2 is 2.45 bits per heavy atom. The monoisotopic (exact) mass is 172 g/mol. The summed E-state index contributed by atoms with van der Waals surface area (Å²) >= 11 is 5.72. The number of halogens is 1. The summed E-state index contributed by atoms with van der Waals surface area (Å²) in [7, 11) is 0. The molecule has 0 amide bonds. The normalized spacial score (nSPS) is 13.0. The van der Waals surface area contributed by atoms with Gasteiger partial charge < -0.3 is 10.8 Å². The summed E-state index contributed by atoms with van der Waals surface area (Å²) in [4.78, 5) is 3.78. The first-order valence-corrected chi connectivity index (χ1v) is 3.61. The number of nitrogens with zero attached hydrogens (tertiary/aromatic N) is 1. The zero-order chi connectivity index (χ0) is 8.27. The lowest BCUT2D eigenvalue weighted by atomic mass is 10.1. The Balaban J connectivity index is 2.93. The second kappa shape index (κ2) is 3.67. The molecule has 11 heavy (non-hydrogen) atoms. The van der Waals surface area contributed by atoms with Crippen LogP contribution in [-0.4, -0.2) is 16.6 Å². The molecule has 4 heteroatoms. The highest BCUT2D eigenvalue weighted by Crippen LogP contribution is 2.19. The summed E-state index contributed by atoms with van der Waals surface area (Å²) in [5.41, 5.74) is 5.87. The molecule has 0 aliphatic heterocycles. The van der Waals surface area contributed by atoms with E-state index in [1.165, 1.54) is 6.20 Å². The van der Waals surface area contributed by atoms with Crippen molar-refractivity contribution in [3.05, 3.63) is 29.0 Å². The topological polar surface area (TPSA) is 59.1 Å². The number of hydrogen-bond acceptors (Lipinski definition) is 3. The molecule has 1 rings (SSSR count). The molecular weight excluding hydrogens is 164 g/mol. The van der Waals surface area contributed by atoms with Crippen LogP contribution in [0.1, 0.15) is 11.7 Å². The van der Waals surface area contributed by atoms with E-state index in [-0.39, 0.29) is 6.54 Å². The van der Waals surface area contributed by atoms with E-state index in [4.69, 9.17) is 17.3 Å². The van der Waals surface area contributed by atoms with Gasteiger partial charge in [0.2, 0.25) is 0 Å². The predicted octanol–water partition coefficient (Wildman–Crippen LogP) is 0.727. The van der Waals surface area contributed by atoms with E-state index in [0.29, 0.717) is 10.6 Å². The molecule has 0 aliphatic carbocycles. The minimum atomic E-state index is -0.689. The molecule has 3 nitrogen and oxygen atoms in total. The Morgan fingerprint density at radius 3 is 3.00 bits per heavy atom. The van der Waals surface area contributed by atoms with Gasteiger partial charge in [0.05, 0.1) is 11.1 Å². The van der Waals surface area contributed by atoms with E-state index in [9.17, 15) is 5.11 Å². The maximum Gasteiger partial charge on any atom is 0.0927 e. The van der Waals surface area contributed by atoms with Crippen LogP contribution in [0.2, 0.25) is 5.02 Å². The van der Waals surface area contributed by atoms with Crippen molar-refractivity contribution in [2.75, 3.05) is 6.54 Å². The molecule has 60 valence electrons. The molecule has 0 radical (unpaired) electrons. The van der Waals surface area contributed by atoms with Crippen LogP contribution < -0.4 is 5.73 Å². The van der Waals surface area contributed by atoms with E-state index in [2.05, 4.69) is 4.98 Å². The Kier molecular flexibility index (Phi) is 2.82. The van der Waals surface area contributed by atoms with Crippen LogP contribution in [0.3, 0.4) is 0 Å². The van der Waals surface area contributed by atoms with Crippen molar-refractivity contribution in [2.45, 2.75) is 6.10 Å². The molecule has 0 spiro atoms. The quantitative estimate of drug-likeness (QED) is 0.692. The molecule has 1 atom stereocenters. The number of nitrogens with two attached hydrogens (primary N) is 1. The standard InChI is InChI=1S/C7H9ClN2O/c8-6-4-10-2-1-5(6)7(11)3-9/h1-2,4,7,11H,3,9H2/t7-/m0/s1. The summed E-state index contributed by atoms with van der Waals surface area (Å²) in [6, 6.07) is 1.65. The summed E-state index contributed by atoms with van der Waals surface area (Å²) in [6.07, 6.45) is 2.36. The fourth-order valence-electron chi connectivity index (χ4n) is 0.783. The fourth-order valence-corrected chi connectivity index (χ4v) is 1.03. The van der Waals surface area contributed by atoms with Crippen LogP contribution >= 0.6 is 11.6 Å². The van der Waals surface area contributed by atoms with E-state index in [1.807, 2.05) is 0 Å². The third-order valence-electron chi connectivity index (χ3n) is 1.39. The van der Waals surface area contributed by atoms with E-state index in [1.54, 1.807) is 12.3 Å². The maximum atomic E-state index is 9.27. The first-order valence-electron chi connectivity index (χ1n) is 3.23. The lowest BCUT2D eigenvalue weighted by Gasteiger charge is -2.08. The Labute approximate surface area is 69.8 Å². The van der Waals surface area contributed by atoms with Crippen molar-refractivity contribution < 1.29 is 5.11 Å². The number of rotatable bonds is 2. The molecule has 0 fully saturated rings. The van der Waals surface area contributed by atoms with Gasteiger partial charge in [0, 0.05) is 24.5 Å². The number of pyridine rings is 1. The molecule has 3 N–H and O–H groups in total. The van der Waals surface area contributed by atoms with Gasteiger partial charge in [-0.15, -0.1) is 0 Å². The third-order valence-corrected chi connectivity index (χ3v) is 1.70. The van der Waals surface area contributed by atoms with E-state index < -0.39 is 6.10 Å². The second-order valence-electron chi connectivity index (χ2n) is 2.15. The number of aromatic nitrogens is 1. The van der Waals surface area contributed by atoms with Gasteiger partial charge in [-0.25, -0.2) is 0 Å². The SMILES string of the molecule is NC[C@H](O)c1ccncc1Cl. The molecule has 0 saturated carbocycles. The van der Waals surface area contributed by atoms with Gasteiger partial charge in [-0.1, -0.05) is 11.6 Å². The van der Waals surface area contributed by atoms with Crippen molar-refractivity contribution in [1.82, 2.24) is 4.98 Å². The summed E-state index contributed by atoms with van der Waals surface area (Å²) in [5, 5.41) is 9.72. The minimum absolute atomic E-state index is 0.170. The van der Waals surface area contributed by atoms with Crippen LogP contribution in [0.15, 0.2) is 18.5 Å². The fraction of sp³-hybridized carbons (Fsp3) is 0.286. The Morgan fingerprint density at radius 1 is 1.73 bits per heavy atom. The average Bonchev–Trinajstić information content (AvgIpc) is 2.04. The van der Waals surface area contributed by atoms with Gasteiger partial charge in [-0.2, -0.15) is 0 Å². The van der Waals surface area contributed by atoms with Crippen molar-refractivity contribution in [3.8, 4) is 0 Å². The summed E-state index contributed by atoms with van der Waals surface area (Å²) in [5.74, 6) is 0. The maximum absolute atomic E-state index is 9.27. The van der Waals surface area contributed by atoms with Gasteiger partial charge in [-0.3, -0.25) is 4.98 Å². The predicted molar refractivity (Wildman–Crippen MR) is 43.3 cm³/mol. The minimum Gasteiger partial charge on any atom is -0.387 e. The van der Waals surface area contributed by atoms with Crippen molar-refractivity contribution >= 4 is 11.6 Å². The van der Waals surface area contributed by atoms with E-state index in [0.717, 1.165) is 0 Å². The van der Waals surface area contributed by atoms with Crippen molar-refractivity contribution in [2.24, 2.45) is 5.73 Å². The molecular formula is C7H9ClN2O. The lowest BCUT2D eigenvalue weighted by molar-refractivity contribution is 0.187. The van der Waals surface area contributed by atoms with Gasteiger partial charge in [-0.05, 0) is 6.07 Å². The first kappa shape index (κ1) is 8.46. The second-order valence-corrected chi connectivity index (χ2v) is 2.56. The molecule has 0 unspecified atom stereocenters. The van der Waals surface area contributed by atoms with Gasteiger partial charge >= 0.3 is 0 Å². The van der Waals surface area contributed by atoms with Gasteiger partial charge in [0.15, 0.2) is 0 Å². The van der Waals surface area contributed by atoms with Gasteiger partial charge in [0.1, 0.15) is 0 Å². The zero-order valence-electron chi connectivity index (χ0n) is 5.87. The van der Waals surface area contributed by atoms with Crippen LogP contribution in [0, 0.1) is 0 Å². The van der Waals surface area contributed by atoms with Crippen molar-refractivity contribution in [1.29, 1.82) is 0 Å². The molecule has 1 heterocycles. The molecule has 0 aromatic carbocycles. The number of aliphatic hydroxyl groups excluding tert-OH is 1. The average molecular weight is 173 g/mol. The molecule has 0 aliphatic rings. The number of hydrogen-bond donors (Lipinski definition) is 2. The highest BCUT2D eigenvalue weighted by molar-refractivity contribution is 6.31. The Bertz CT molecular complexity index is 242. The van der Waals surface area contributed by atoms with Crippen LogP contribution in [-0.2, 0) is 0 Å². The molecule has 0 saturated heterocycles. The highest BCUT2D eigenvalue weighted by Gasteiger charge is 2.07. The molecule has 1 aromatic rings. The lowest BCUT2D eigenvalue weighted by Crippen LogP contribution is -2.11. The van der Waals surface area contributed by atoms with Crippen LogP contribution in [0.4, 0.5) is 0 Å². The smallest absolute Gasteiger partial charge is 0.0927 e. The summed E-state index contributed by atoms with van der Waals surface area (Å²) in [6.45, 7) is 0.170. The molecule has 1 aromatic heterocycles. The van der Waals surface area contributed by atoms with Gasteiger partial charge in [0.25, 0.3) is 0 Å². The Hall–Kier alpha value is -0.640. The first-order chi connectivity index (χ1) is 5.25. The van der Waals surface area contributed by atoms with Crippen LogP contribution in [0.25, 0.3) is 0 Å².